The molecule has 0 aliphatic carbocycles. The number of aliphatic hydroxyl groups excluding tert-OH is 2. The fourth-order valence-electron chi connectivity index (χ4n) is 2.31. The van der Waals surface area contributed by atoms with Crippen molar-refractivity contribution in [1.29, 1.82) is 0 Å². The number of benzene rings is 2. The predicted octanol–water partition coefficient (Wildman–Crippen LogP) is 3.00. The van der Waals surface area contributed by atoms with Gasteiger partial charge in [-0.2, -0.15) is 0 Å². The molecule has 0 saturated carbocycles. The van der Waals surface area contributed by atoms with Crippen LogP contribution in [0.4, 0.5) is 0 Å². The molecule has 0 fully saturated rings. The van der Waals surface area contributed by atoms with E-state index in [9.17, 15) is 0 Å². The first-order valence-electron chi connectivity index (χ1n) is 7.51. The molecule has 0 radical (unpaired) electrons. The van der Waals surface area contributed by atoms with Crippen molar-refractivity contribution in [2.75, 3.05) is 27.4 Å². The minimum Gasteiger partial charge on any atom is -0.497 e. The Hall–Kier alpha value is -2.04. The molecular weight excluding hydrogens is 292 g/mol. The quantitative estimate of drug-likeness (QED) is 0.859. The van der Waals surface area contributed by atoms with E-state index in [4.69, 9.17) is 19.7 Å². The molecule has 0 aliphatic heterocycles. The molecule has 4 nitrogen and oxygen atoms in total. The van der Waals surface area contributed by atoms with Gasteiger partial charge in [-0.25, -0.2) is 0 Å². The van der Waals surface area contributed by atoms with E-state index in [-0.39, 0.29) is 12.0 Å². The molecule has 2 rings (SSSR count). The fourth-order valence-corrected chi connectivity index (χ4v) is 2.31. The van der Waals surface area contributed by atoms with Crippen LogP contribution in [-0.2, 0) is 5.41 Å². The van der Waals surface area contributed by atoms with E-state index in [1.165, 1.54) is 11.1 Å². The minimum absolute atomic E-state index is 0.0269. The first kappa shape index (κ1) is 19.0. The summed E-state index contributed by atoms with van der Waals surface area (Å²) in [6, 6.07) is 16.2. The summed E-state index contributed by atoms with van der Waals surface area (Å²) < 4.78 is 10.6. The summed E-state index contributed by atoms with van der Waals surface area (Å²) in [5.74, 6) is 1.64. The molecule has 2 aromatic rings. The van der Waals surface area contributed by atoms with E-state index in [2.05, 4.69) is 38.1 Å². The first-order chi connectivity index (χ1) is 11.1. The summed E-state index contributed by atoms with van der Waals surface area (Å²) in [5, 5.41) is 15.8. The Bertz CT molecular complexity index is 559. The number of ether oxygens (including phenoxy) is 2. The standard InChI is InChI=1S/C18H22O3.CH4O/c1-18(2,14-4-8-16(20-3)9-5-14)15-6-10-17(11-7-15)21-13-12-19;1-2/h4-11,19H,12-13H2,1-3H3;2H,1H3. The summed E-state index contributed by atoms with van der Waals surface area (Å²) in [4.78, 5) is 0. The molecule has 2 N–H and O–H groups in total. The lowest BCUT2D eigenvalue weighted by Crippen LogP contribution is -2.18. The van der Waals surface area contributed by atoms with Crippen molar-refractivity contribution in [2.45, 2.75) is 19.3 Å². The van der Waals surface area contributed by atoms with Crippen LogP contribution in [0.25, 0.3) is 0 Å². The van der Waals surface area contributed by atoms with Crippen molar-refractivity contribution in [3.63, 3.8) is 0 Å². The maximum atomic E-state index is 8.77. The summed E-state index contributed by atoms with van der Waals surface area (Å²) in [6.45, 7) is 4.73. The summed E-state index contributed by atoms with van der Waals surface area (Å²) in [6.07, 6.45) is 0. The number of hydrogen-bond donors (Lipinski definition) is 2. The van der Waals surface area contributed by atoms with Crippen LogP contribution in [0.5, 0.6) is 11.5 Å². The van der Waals surface area contributed by atoms with E-state index in [1.54, 1.807) is 7.11 Å². The number of methoxy groups -OCH3 is 1. The number of hydrogen-bond acceptors (Lipinski definition) is 4. The van der Waals surface area contributed by atoms with E-state index in [0.29, 0.717) is 6.61 Å². The molecule has 0 unspecified atom stereocenters. The highest BCUT2D eigenvalue weighted by molar-refractivity contribution is 5.41. The van der Waals surface area contributed by atoms with Gasteiger partial charge in [0.05, 0.1) is 13.7 Å². The van der Waals surface area contributed by atoms with Crippen molar-refractivity contribution >= 4 is 0 Å². The zero-order valence-electron chi connectivity index (χ0n) is 14.2. The van der Waals surface area contributed by atoms with Gasteiger partial charge in [0, 0.05) is 12.5 Å². The van der Waals surface area contributed by atoms with E-state index in [1.807, 2.05) is 24.3 Å². The van der Waals surface area contributed by atoms with Gasteiger partial charge in [0.2, 0.25) is 0 Å². The van der Waals surface area contributed by atoms with Crippen LogP contribution in [0.2, 0.25) is 0 Å². The molecule has 126 valence electrons. The summed E-state index contributed by atoms with van der Waals surface area (Å²) in [5.41, 5.74) is 2.35. The zero-order chi connectivity index (χ0) is 17.3. The Balaban J connectivity index is 0.00000127. The average Bonchev–Trinajstić information content (AvgIpc) is 2.62. The van der Waals surface area contributed by atoms with E-state index in [0.717, 1.165) is 18.6 Å². The van der Waals surface area contributed by atoms with Crippen molar-refractivity contribution in [3.8, 4) is 11.5 Å². The van der Waals surface area contributed by atoms with Gasteiger partial charge in [-0.3, -0.25) is 0 Å². The number of rotatable bonds is 6. The average molecular weight is 318 g/mol. The highest BCUT2D eigenvalue weighted by atomic mass is 16.5. The maximum Gasteiger partial charge on any atom is 0.119 e. The molecular formula is C19H26O4. The van der Waals surface area contributed by atoms with Gasteiger partial charge >= 0.3 is 0 Å². The third-order valence-corrected chi connectivity index (χ3v) is 3.75. The SMILES string of the molecule is CO.COc1ccc(C(C)(C)c2ccc(OCCO)cc2)cc1. The fraction of sp³-hybridized carbons (Fsp3) is 0.368. The largest absolute Gasteiger partial charge is 0.497 e. The predicted molar refractivity (Wildman–Crippen MR) is 92.3 cm³/mol. The Kier molecular flexibility index (Phi) is 7.59. The van der Waals surface area contributed by atoms with Crippen molar-refractivity contribution < 1.29 is 19.7 Å². The van der Waals surface area contributed by atoms with Crippen LogP contribution in [-0.4, -0.2) is 37.6 Å². The van der Waals surface area contributed by atoms with Gasteiger partial charge in [-0.15, -0.1) is 0 Å². The topological polar surface area (TPSA) is 58.9 Å². The number of aliphatic hydroxyl groups is 2. The Morgan fingerprint density at radius 2 is 1.26 bits per heavy atom. The van der Waals surface area contributed by atoms with Crippen LogP contribution < -0.4 is 9.47 Å². The molecule has 0 aromatic heterocycles. The minimum atomic E-state index is -0.0955. The Morgan fingerprint density at radius 1 is 0.826 bits per heavy atom. The molecule has 4 heteroatoms. The van der Waals surface area contributed by atoms with Crippen LogP contribution in [0.1, 0.15) is 25.0 Å². The van der Waals surface area contributed by atoms with Crippen molar-refractivity contribution in [2.24, 2.45) is 0 Å². The second-order valence-electron chi connectivity index (χ2n) is 5.45. The molecule has 0 atom stereocenters. The molecule has 0 bridgehead atoms. The van der Waals surface area contributed by atoms with Gasteiger partial charge in [-0.1, -0.05) is 38.1 Å². The maximum absolute atomic E-state index is 8.77. The molecule has 0 saturated heterocycles. The second-order valence-corrected chi connectivity index (χ2v) is 5.45. The molecule has 0 aliphatic rings. The van der Waals surface area contributed by atoms with Gasteiger partial charge in [0.15, 0.2) is 0 Å². The lowest BCUT2D eigenvalue weighted by atomic mass is 9.78. The van der Waals surface area contributed by atoms with Crippen molar-refractivity contribution in [1.82, 2.24) is 0 Å². The van der Waals surface area contributed by atoms with Crippen LogP contribution in [0, 0.1) is 0 Å². The molecule has 0 heterocycles. The van der Waals surface area contributed by atoms with Crippen LogP contribution >= 0.6 is 0 Å². The van der Waals surface area contributed by atoms with Gasteiger partial charge in [-0.05, 0) is 35.4 Å². The third-order valence-electron chi connectivity index (χ3n) is 3.75. The lowest BCUT2D eigenvalue weighted by molar-refractivity contribution is 0.201. The Morgan fingerprint density at radius 3 is 1.65 bits per heavy atom. The Labute approximate surface area is 138 Å². The first-order valence-corrected chi connectivity index (χ1v) is 7.51. The third kappa shape index (κ3) is 4.98. The normalized spacial score (nSPS) is 10.5. The second kappa shape index (κ2) is 9.18. The highest BCUT2D eigenvalue weighted by Gasteiger charge is 2.23. The van der Waals surface area contributed by atoms with E-state index < -0.39 is 0 Å². The van der Waals surface area contributed by atoms with E-state index >= 15 is 0 Å². The van der Waals surface area contributed by atoms with Crippen molar-refractivity contribution in [3.05, 3.63) is 59.7 Å². The van der Waals surface area contributed by atoms with Crippen LogP contribution in [0.3, 0.4) is 0 Å². The van der Waals surface area contributed by atoms with Gasteiger partial charge in [0.25, 0.3) is 0 Å². The summed E-state index contributed by atoms with van der Waals surface area (Å²) >= 11 is 0. The highest BCUT2D eigenvalue weighted by Crippen LogP contribution is 2.33. The molecule has 0 spiro atoms. The smallest absolute Gasteiger partial charge is 0.119 e. The zero-order valence-corrected chi connectivity index (χ0v) is 14.2. The summed E-state index contributed by atoms with van der Waals surface area (Å²) in [7, 11) is 2.67. The van der Waals surface area contributed by atoms with Crippen LogP contribution in [0.15, 0.2) is 48.5 Å². The molecule has 23 heavy (non-hydrogen) atoms. The molecule has 0 amide bonds. The monoisotopic (exact) mass is 318 g/mol. The van der Waals surface area contributed by atoms with Gasteiger partial charge in [0.1, 0.15) is 18.1 Å². The lowest BCUT2D eigenvalue weighted by Gasteiger charge is -2.26. The van der Waals surface area contributed by atoms with Gasteiger partial charge < -0.3 is 19.7 Å². The molecule has 2 aromatic carbocycles.